The predicted octanol–water partition coefficient (Wildman–Crippen LogP) is 4.48. The van der Waals surface area contributed by atoms with Gasteiger partial charge in [0.2, 0.25) is 5.89 Å². The Morgan fingerprint density at radius 3 is 2.58 bits per heavy atom. The number of nitrogens with two attached hydrogens (primary N) is 1. The van der Waals surface area contributed by atoms with Crippen molar-refractivity contribution in [1.29, 1.82) is 0 Å². The van der Waals surface area contributed by atoms with Crippen molar-refractivity contribution in [2.45, 2.75) is 49.6 Å². The Morgan fingerprint density at radius 2 is 1.97 bits per heavy atom. The van der Waals surface area contributed by atoms with Gasteiger partial charge < -0.3 is 20.0 Å². The quantitative estimate of drug-likeness (QED) is 0.362. The lowest BCUT2D eigenvalue weighted by Crippen LogP contribution is -2.30. The van der Waals surface area contributed by atoms with E-state index < -0.39 is 23.2 Å². The average Bonchev–Trinajstić information content (AvgIpc) is 3.19. The van der Waals surface area contributed by atoms with E-state index >= 15 is 0 Å². The summed E-state index contributed by atoms with van der Waals surface area (Å²) in [6.07, 6.45) is 0.397. The number of aromatic nitrogens is 2. The number of nitrogens with one attached hydrogen (secondary N) is 1. The number of aromatic amines is 1. The predicted molar refractivity (Wildman–Crippen MR) is 125 cm³/mol. The number of benzene rings is 2. The molecule has 0 aliphatic carbocycles. The van der Waals surface area contributed by atoms with Gasteiger partial charge in [-0.05, 0) is 49.2 Å². The Kier molecular flexibility index (Phi) is 7.67. The number of rotatable bonds is 3. The van der Waals surface area contributed by atoms with Crippen LogP contribution in [0.25, 0.3) is 0 Å². The Hall–Kier alpha value is -2.21. The van der Waals surface area contributed by atoms with E-state index in [1.807, 2.05) is 0 Å². The van der Waals surface area contributed by atoms with Crippen molar-refractivity contribution in [3.05, 3.63) is 73.5 Å². The van der Waals surface area contributed by atoms with E-state index in [2.05, 4.69) is 38.8 Å². The maximum atomic E-state index is 14.0. The molecule has 2 heterocycles. The minimum atomic E-state index is -1.16. The van der Waals surface area contributed by atoms with Gasteiger partial charge in [-0.1, -0.05) is 22.9 Å². The van der Waals surface area contributed by atoms with Crippen molar-refractivity contribution in [1.82, 2.24) is 10.2 Å². The summed E-state index contributed by atoms with van der Waals surface area (Å²) < 4.78 is 38.3. The summed E-state index contributed by atoms with van der Waals surface area (Å²) in [6, 6.07) is 5.13. The number of fused-ring (bicyclic) bond motifs is 1. The molecule has 3 unspecified atom stereocenters. The first kappa shape index (κ1) is 25.4. The van der Waals surface area contributed by atoms with Crippen molar-refractivity contribution < 1.29 is 23.0 Å². The topological polar surface area (TPSA) is 114 Å². The molecule has 178 valence electrons. The zero-order valence-corrected chi connectivity index (χ0v) is 20.6. The van der Waals surface area contributed by atoms with Gasteiger partial charge in [0.05, 0.1) is 23.8 Å². The first-order chi connectivity index (χ1) is 15.4. The third-order valence-corrected chi connectivity index (χ3v) is 6.80. The Morgan fingerprint density at radius 1 is 1.30 bits per heavy atom. The third kappa shape index (κ3) is 5.32. The SMILES string of the molecule is CC1(O)CCOc2c(S)ccc(F)c21.Cc1c(Br)ccc(F)c1C(C)C(N)c1n[nH]c(=O)o1. The van der Waals surface area contributed by atoms with Crippen LogP contribution in [0.15, 0.2) is 42.8 Å². The molecule has 4 N–H and O–H groups in total. The zero-order chi connectivity index (χ0) is 24.5. The molecule has 0 saturated carbocycles. The molecule has 1 aliphatic heterocycles. The molecule has 0 amide bonds. The van der Waals surface area contributed by atoms with E-state index in [1.54, 1.807) is 26.8 Å². The van der Waals surface area contributed by atoms with Gasteiger partial charge in [0.25, 0.3) is 0 Å². The van der Waals surface area contributed by atoms with Crippen molar-refractivity contribution in [3.63, 3.8) is 0 Å². The Labute approximate surface area is 202 Å². The number of aliphatic hydroxyl groups is 1. The van der Waals surface area contributed by atoms with Crippen LogP contribution in [0.5, 0.6) is 5.75 Å². The molecule has 0 bridgehead atoms. The van der Waals surface area contributed by atoms with Crippen LogP contribution in [0.2, 0.25) is 0 Å². The van der Waals surface area contributed by atoms with Crippen molar-refractivity contribution >= 4 is 28.6 Å². The summed E-state index contributed by atoms with van der Waals surface area (Å²) in [4.78, 5) is 11.5. The standard InChI is InChI=1S/C12H13BrFN3O2.C10H11FO2S/c1-5-7(13)3-4-8(14)9(5)6(2)10(15)11-16-17-12(18)19-11;1-10(12)4-5-13-9-7(14)3-2-6(11)8(9)10/h3-4,6,10H,15H2,1-2H3,(H,17,18);2-3,12,14H,4-5H2,1H3. The highest BCUT2D eigenvalue weighted by molar-refractivity contribution is 9.10. The molecule has 7 nitrogen and oxygen atoms in total. The van der Waals surface area contributed by atoms with Crippen molar-refractivity contribution in [2.75, 3.05) is 6.61 Å². The maximum absolute atomic E-state index is 14.0. The molecular weight excluding hydrogens is 520 g/mol. The lowest BCUT2D eigenvalue weighted by molar-refractivity contribution is 0.00973. The largest absolute Gasteiger partial charge is 0.492 e. The van der Waals surface area contributed by atoms with E-state index in [4.69, 9.17) is 14.9 Å². The molecule has 3 aromatic rings. The third-order valence-electron chi connectivity index (χ3n) is 5.59. The van der Waals surface area contributed by atoms with Gasteiger partial charge in [-0.15, -0.1) is 17.7 Å². The summed E-state index contributed by atoms with van der Waals surface area (Å²) in [5.41, 5.74) is 6.28. The number of hydrogen-bond donors (Lipinski definition) is 4. The van der Waals surface area contributed by atoms with Gasteiger partial charge in [-0.25, -0.2) is 18.7 Å². The van der Waals surface area contributed by atoms with Gasteiger partial charge in [0.15, 0.2) is 0 Å². The van der Waals surface area contributed by atoms with Crippen LogP contribution in [0, 0.1) is 18.6 Å². The van der Waals surface area contributed by atoms with E-state index in [-0.39, 0.29) is 23.2 Å². The number of hydrogen-bond acceptors (Lipinski definition) is 7. The average molecular weight is 544 g/mol. The normalized spacial score (nSPS) is 19.1. The van der Waals surface area contributed by atoms with Crippen LogP contribution in [-0.2, 0) is 5.60 Å². The number of halogens is 3. The van der Waals surface area contributed by atoms with Crippen molar-refractivity contribution in [2.24, 2.45) is 5.73 Å². The van der Waals surface area contributed by atoms with Gasteiger partial charge in [-0.3, -0.25) is 0 Å². The molecule has 1 aromatic heterocycles. The molecule has 0 spiro atoms. The smallest absolute Gasteiger partial charge is 0.434 e. The second kappa shape index (κ2) is 9.96. The molecule has 33 heavy (non-hydrogen) atoms. The van der Waals surface area contributed by atoms with Crippen LogP contribution in [0.4, 0.5) is 8.78 Å². The zero-order valence-electron chi connectivity index (χ0n) is 18.2. The van der Waals surface area contributed by atoms with Gasteiger partial charge in [0.1, 0.15) is 17.4 Å². The van der Waals surface area contributed by atoms with E-state index in [0.29, 0.717) is 29.2 Å². The molecule has 2 aromatic carbocycles. The summed E-state index contributed by atoms with van der Waals surface area (Å²) in [5.74, 6) is -1.42. The molecule has 0 radical (unpaired) electrons. The van der Waals surface area contributed by atoms with Crippen LogP contribution in [0.1, 0.15) is 54.8 Å². The number of nitrogens with zero attached hydrogens (tertiary/aromatic N) is 1. The molecule has 4 rings (SSSR count). The highest BCUT2D eigenvalue weighted by Crippen LogP contribution is 2.41. The summed E-state index contributed by atoms with van der Waals surface area (Å²) >= 11 is 7.51. The first-order valence-corrected chi connectivity index (χ1v) is 11.3. The first-order valence-electron chi connectivity index (χ1n) is 10.1. The lowest BCUT2D eigenvalue weighted by Gasteiger charge is -2.31. The van der Waals surface area contributed by atoms with Gasteiger partial charge in [0, 0.05) is 21.7 Å². The highest BCUT2D eigenvalue weighted by atomic mass is 79.9. The fourth-order valence-corrected chi connectivity index (χ4v) is 4.27. The molecule has 0 saturated heterocycles. The Balaban J connectivity index is 0.000000194. The van der Waals surface area contributed by atoms with E-state index in [9.17, 15) is 18.7 Å². The van der Waals surface area contributed by atoms with Gasteiger partial charge in [-0.2, -0.15) is 0 Å². The Bertz CT molecular complexity index is 1210. The highest BCUT2D eigenvalue weighted by Gasteiger charge is 2.35. The molecular formula is C22H24BrF2N3O4S. The second-order valence-corrected chi connectivity index (χ2v) is 9.31. The molecule has 1 aliphatic rings. The fraction of sp³-hybridized carbons (Fsp3) is 0.364. The number of ether oxygens (including phenoxy) is 1. The van der Waals surface area contributed by atoms with Crippen LogP contribution in [0.3, 0.4) is 0 Å². The summed E-state index contributed by atoms with van der Waals surface area (Å²) in [7, 11) is 0. The lowest BCUT2D eigenvalue weighted by atomic mass is 9.90. The number of thiol groups is 1. The van der Waals surface area contributed by atoms with Gasteiger partial charge >= 0.3 is 5.76 Å². The second-order valence-electron chi connectivity index (χ2n) is 7.98. The fourth-order valence-electron chi connectivity index (χ4n) is 3.68. The monoisotopic (exact) mass is 543 g/mol. The van der Waals surface area contributed by atoms with Crippen LogP contribution < -0.4 is 16.2 Å². The maximum Gasteiger partial charge on any atom is 0.434 e. The molecule has 0 fully saturated rings. The molecule has 11 heteroatoms. The minimum absolute atomic E-state index is 0.0660. The summed E-state index contributed by atoms with van der Waals surface area (Å²) in [6.45, 7) is 5.53. The number of H-pyrrole nitrogens is 1. The summed E-state index contributed by atoms with van der Waals surface area (Å²) in [5, 5.41) is 15.8. The van der Waals surface area contributed by atoms with Crippen LogP contribution >= 0.6 is 28.6 Å². The molecule has 3 atom stereocenters. The van der Waals surface area contributed by atoms with E-state index in [0.717, 1.165) is 10.0 Å². The van der Waals surface area contributed by atoms with Crippen LogP contribution in [-0.4, -0.2) is 21.9 Å². The van der Waals surface area contributed by atoms with E-state index in [1.165, 1.54) is 18.2 Å². The van der Waals surface area contributed by atoms with Crippen molar-refractivity contribution in [3.8, 4) is 5.75 Å². The minimum Gasteiger partial charge on any atom is -0.492 e.